The van der Waals surface area contributed by atoms with Crippen LogP contribution in [0.25, 0.3) is 0 Å². The van der Waals surface area contributed by atoms with Crippen molar-refractivity contribution in [2.24, 2.45) is 5.92 Å². The number of sulfonamides is 1. The average molecular weight is 446 g/mol. The van der Waals surface area contributed by atoms with Gasteiger partial charge in [0.05, 0.1) is 23.7 Å². The van der Waals surface area contributed by atoms with Crippen molar-refractivity contribution in [1.82, 2.24) is 4.31 Å². The van der Waals surface area contributed by atoms with E-state index in [0.29, 0.717) is 42.8 Å². The quantitative estimate of drug-likeness (QED) is 0.780. The number of benzene rings is 1. The molecule has 0 radical (unpaired) electrons. The Morgan fingerprint density at radius 1 is 1.33 bits per heavy atom. The lowest BCUT2D eigenvalue weighted by molar-refractivity contribution is 0.0730. The summed E-state index contributed by atoms with van der Waals surface area (Å²) in [6.45, 7) is 3.50. The highest BCUT2D eigenvalue weighted by molar-refractivity contribution is 7.89. The number of morpholine rings is 1. The number of rotatable bonds is 4. The number of nitriles is 1. The highest BCUT2D eigenvalue weighted by atomic mass is 32.2. The van der Waals surface area contributed by atoms with Crippen LogP contribution in [0.4, 0.5) is 5.00 Å². The summed E-state index contributed by atoms with van der Waals surface area (Å²) in [7, 11) is -3.69. The van der Waals surface area contributed by atoms with Crippen LogP contribution in [0.15, 0.2) is 29.2 Å². The van der Waals surface area contributed by atoms with Crippen molar-refractivity contribution < 1.29 is 17.9 Å². The van der Waals surface area contributed by atoms with Crippen LogP contribution in [0.1, 0.15) is 39.7 Å². The van der Waals surface area contributed by atoms with Crippen molar-refractivity contribution in [3.05, 3.63) is 45.8 Å². The van der Waals surface area contributed by atoms with Gasteiger partial charge in [-0.2, -0.15) is 9.57 Å². The molecule has 1 aliphatic heterocycles. The summed E-state index contributed by atoms with van der Waals surface area (Å²) < 4.78 is 32.4. The normalized spacial score (nSPS) is 19.7. The number of thiophene rings is 1. The molecular weight excluding hydrogens is 422 g/mol. The van der Waals surface area contributed by atoms with E-state index in [0.717, 1.165) is 29.7 Å². The number of hydrogen-bond acceptors (Lipinski definition) is 6. The Morgan fingerprint density at radius 2 is 2.10 bits per heavy atom. The summed E-state index contributed by atoms with van der Waals surface area (Å²) in [6.07, 6.45) is 2.80. The van der Waals surface area contributed by atoms with E-state index >= 15 is 0 Å². The lowest BCUT2D eigenvalue weighted by Crippen LogP contribution is -2.40. The maximum atomic E-state index is 12.9. The minimum atomic E-state index is -3.69. The summed E-state index contributed by atoms with van der Waals surface area (Å²) in [5, 5.41) is 13.0. The SMILES string of the molecule is C[C@@H]1CCc2c(sc(NC(=O)c3cccc(S(=O)(=O)N4CCOCC4)c3)c2C#N)C1. The molecule has 1 saturated heterocycles. The molecule has 158 valence electrons. The Kier molecular flexibility index (Phi) is 5.93. The highest BCUT2D eigenvalue weighted by Gasteiger charge is 2.28. The molecule has 1 aromatic heterocycles. The van der Waals surface area contributed by atoms with Gasteiger partial charge >= 0.3 is 0 Å². The molecule has 1 fully saturated rings. The second kappa shape index (κ2) is 8.47. The van der Waals surface area contributed by atoms with Crippen molar-refractivity contribution in [3.8, 4) is 6.07 Å². The van der Waals surface area contributed by atoms with Gasteiger partial charge in [0.1, 0.15) is 11.1 Å². The third-order valence-corrected chi connectivity index (χ3v) is 8.62. The van der Waals surface area contributed by atoms with Gasteiger partial charge in [-0.1, -0.05) is 13.0 Å². The van der Waals surface area contributed by atoms with Crippen molar-refractivity contribution in [2.45, 2.75) is 31.1 Å². The van der Waals surface area contributed by atoms with Gasteiger partial charge in [0, 0.05) is 23.5 Å². The summed E-state index contributed by atoms with van der Waals surface area (Å²) in [4.78, 5) is 14.1. The van der Waals surface area contributed by atoms with Gasteiger partial charge in [0.15, 0.2) is 0 Å². The minimum absolute atomic E-state index is 0.0804. The number of amides is 1. The molecule has 1 N–H and O–H groups in total. The fraction of sp³-hybridized carbons (Fsp3) is 0.429. The van der Waals surface area contributed by atoms with Gasteiger partial charge in [0.2, 0.25) is 10.0 Å². The van der Waals surface area contributed by atoms with Gasteiger partial charge in [-0.25, -0.2) is 8.42 Å². The number of nitrogens with one attached hydrogen (secondary N) is 1. The molecule has 1 aromatic carbocycles. The summed E-state index contributed by atoms with van der Waals surface area (Å²) >= 11 is 1.45. The number of anilines is 1. The number of ether oxygens (including phenoxy) is 1. The van der Waals surface area contributed by atoms with E-state index in [4.69, 9.17) is 4.74 Å². The van der Waals surface area contributed by atoms with E-state index in [-0.39, 0.29) is 10.5 Å². The molecule has 2 aliphatic rings. The Hall–Kier alpha value is -2.25. The molecule has 1 aliphatic carbocycles. The predicted octanol–water partition coefficient (Wildman–Crippen LogP) is 3.02. The zero-order valence-corrected chi connectivity index (χ0v) is 18.3. The first kappa shape index (κ1) is 21.0. The molecule has 7 nitrogen and oxygen atoms in total. The minimum Gasteiger partial charge on any atom is -0.379 e. The zero-order chi connectivity index (χ0) is 21.3. The van der Waals surface area contributed by atoms with Gasteiger partial charge < -0.3 is 10.1 Å². The van der Waals surface area contributed by atoms with Crippen LogP contribution < -0.4 is 5.32 Å². The van der Waals surface area contributed by atoms with Crippen LogP contribution in [0.5, 0.6) is 0 Å². The third kappa shape index (κ3) is 4.01. The number of carbonyl (C=O) groups is 1. The van der Waals surface area contributed by atoms with Crippen molar-refractivity contribution in [1.29, 1.82) is 5.26 Å². The average Bonchev–Trinajstić information content (AvgIpc) is 3.10. The first-order valence-electron chi connectivity index (χ1n) is 9.94. The zero-order valence-electron chi connectivity index (χ0n) is 16.7. The Bertz CT molecular complexity index is 1110. The number of hydrogen-bond donors (Lipinski definition) is 1. The molecule has 0 bridgehead atoms. The van der Waals surface area contributed by atoms with Crippen LogP contribution in [-0.4, -0.2) is 44.9 Å². The number of carbonyl (C=O) groups excluding carboxylic acids is 1. The fourth-order valence-electron chi connectivity index (χ4n) is 3.87. The van der Waals surface area contributed by atoms with Crippen molar-refractivity contribution in [2.75, 3.05) is 31.6 Å². The first-order chi connectivity index (χ1) is 14.4. The Labute approximate surface area is 180 Å². The molecular formula is C21H23N3O4S2. The number of nitrogens with zero attached hydrogens (tertiary/aromatic N) is 2. The maximum absolute atomic E-state index is 12.9. The summed E-state index contributed by atoms with van der Waals surface area (Å²) in [6, 6.07) is 8.26. The van der Waals surface area contributed by atoms with Gasteiger partial charge in [-0.05, 0) is 48.9 Å². The summed E-state index contributed by atoms with van der Waals surface area (Å²) in [5.41, 5.74) is 1.82. The molecule has 1 atom stereocenters. The molecule has 2 heterocycles. The van der Waals surface area contributed by atoms with Crippen molar-refractivity contribution >= 4 is 32.3 Å². The van der Waals surface area contributed by atoms with Crippen LogP contribution in [0.2, 0.25) is 0 Å². The van der Waals surface area contributed by atoms with Crippen LogP contribution in [0, 0.1) is 17.2 Å². The second-order valence-electron chi connectivity index (χ2n) is 7.67. The molecule has 0 spiro atoms. The molecule has 4 rings (SSSR count). The molecule has 9 heteroatoms. The summed E-state index contributed by atoms with van der Waals surface area (Å²) in [5.74, 6) is 0.144. The standard InChI is InChI=1S/C21H23N3O4S2/c1-14-5-6-17-18(13-22)21(29-19(17)11-14)23-20(25)15-3-2-4-16(12-15)30(26,27)24-7-9-28-10-8-24/h2-4,12,14H,5-11H2,1H3,(H,23,25)/t14-/m1/s1. The molecule has 30 heavy (non-hydrogen) atoms. The number of fused-ring (bicyclic) bond motifs is 1. The van der Waals surface area contributed by atoms with Gasteiger partial charge in [-0.15, -0.1) is 11.3 Å². The Balaban J connectivity index is 1.58. The van der Waals surface area contributed by atoms with E-state index in [1.807, 2.05) is 0 Å². The van der Waals surface area contributed by atoms with Crippen LogP contribution >= 0.6 is 11.3 Å². The third-order valence-electron chi connectivity index (χ3n) is 5.55. The largest absolute Gasteiger partial charge is 0.379 e. The van der Waals surface area contributed by atoms with E-state index < -0.39 is 15.9 Å². The highest BCUT2D eigenvalue weighted by Crippen LogP contribution is 2.39. The fourth-order valence-corrected chi connectivity index (χ4v) is 6.68. The van der Waals surface area contributed by atoms with E-state index in [1.54, 1.807) is 12.1 Å². The molecule has 0 saturated carbocycles. The molecule has 1 amide bonds. The monoisotopic (exact) mass is 445 g/mol. The van der Waals surface area contributed by atoms with Crippen molar-refractivity contribution in [3.63, 3.8) is 0 Å². The van der Waals surface area contributed by atoms with Gasteiger partial charge in [0.25, 0.3) is 5.91 Å². The molecule has 2 aromatic rings. The maximum Gasteiger partial charge on any atom is 0.256 e. The van der Waals surface area contributed by atoms with E-state index in [1.165, 1.54) is 27.8 Å². The van der Waals surface area contributed by atoms with E-state index in [9.17, 15) is 18.5 Å². The second-order valence-corrected chi connectivity index (χ2v) is 10.7. The lowest BCUT2D eigenvalue weighted by Gasteiger charge is -2.26. The van der Waals surface area contributed by atoms with E-state index in [2.05, 4.69) is 18.3 Å². The topological polar surface area (TPSA) is 99.5 Å². The van der Waals surface area contributed by atoms with Crippen LogP contribution in [-0.2, 0) is 27.6 Å². The van der Waals surface area contributed by atoms with Gasteiger partial charge in [-0.3, -0.25) is 4.79 Å². The van der Waals surface area contributed by atoms with Crippen LogP contribution in [0.3, 0.4) is 0 Å². The Morgan fingerprint density at radius 3 is 2.83 bits per heavy atom. The predicted molar refractivity (Wildman–Crippen MR) is 114 cm³/mol. The molecule has 0 unspecified atom stereocenters. The first-order valence-corrected chi connectivity index (χ1v) is 12.2. The lowest BCUT2D eigenvalue weighted by atomic mass is 9.88. The smallest absolute Gasteiger partial charge is 0.256 e.